The van der Waals surface area contributed by atoms with Gasteiger partial charge in [-0.15, -0.1) is 0 Å². The van der Waals surface area contributed by atoms with Crippen LogP contribution in [0.4, 0.5) is 0 Å². The minimum atomic E-state index is -1.13. The fourth-order valence-corrected chi connectivity index (χ4v) is 8.98. The number of hydrogen-bond donors (Lipinski definition) is 0. The van der Waals surface area contributed by atoms with E-state index in [4.69, 9.17) is 0 Å². The Morgan fingerprint density at radius 2 is 1.10 bits per heavy atom. The molecule has 2 aliphatic carbocycles. The van der Waals surface area contributed by atoms with Crippen molar-refractivity contribution in [2.75, 3.05) is 0 Å². The third-order valence-electron chi connectivity index (χ3n) is 5.37. The van der Waals surface area contributed by atoms with Crippen molar-refractivity contribution in [1.82, 2.24) is 40.4 Å². The van der Waals surface area contributed by atoms with Gasteiger partial charge in [0.2, 0.25) is 0 Å². The molecule has 0 saturated heterocycles. The first-order valence-corrected chi connectivity index (χ1v) is 12.1. The predicted molar refractivity (Wildman–Crippen MR) is 102 cm³/mol. The minimum Gasteiger partial charge on any atom is -1.00 e. The van der Waals surface area contributed by atoms with E-state index in [1.807, 2.05) is 9.36 Å². The molecule has 0 N–H and O–H groups in total. The van der Waals surface area contributed by atoms with Crippen molar-refractivity contribution in [1.29, 1.82) is 0 Å². The molecule has 0 spiro atoms. The molecule has 2 unspecified atom stereocenters. The molecule has 11 heteroatoms. The zero-order valence-corrected chi connectivity index (χ0v) is 19.9. The van der Waals surface area contributed by atoms with Gasteiger partial charge in [0.1, 0.15) is 0 Å². The van der Waals surface area contributed by atoms with E-state index < -0.39 is 23.2 Å². The van der Waals surface area contributed by atoms with Crippen LogP contribution in [-0.4, -0.2) is 40.4 Å². The van der Waals surface area contributed by atoms with E-state index in [1.165, 1.54) is 22.3 Å². The third-order valence-corrected chi connectivity index (χ3v) is 9.99. The van der Waals surface area contributed by atoms with Crippen LogP contribution >= 0.6 is 0 Å². The van der Waals surface area contributed by atoms with Crippen molar-refractivity contribution in [3.63, 3.8) is 0 Å². The van der Waals surface area contributed by atoms with E-state index in [9.17, 15) is 0 Å². The molecule has 2 aromatic carbocycles. The van der Waals surface area contributed by atoms with Crippen molar-refractivity contribution in [3.8, 4) is 0 Å². The van der Waals surface area contributed by atoms with E-state index in [0.29, 0.717) is 7.25 Å². The van der Waals surface area contributed by atoms with Crippen LogP contribution in [0.25, 0.3) is 23.5 Å². The second-order valence-electron chi connectivity index (χ2n) is 6.94. The Hall–Kier alpha value is -2.48. The number of nitrogens with zero attached hydrogens (tertiary/aromatic N) is 8. The molecule has 8 nitrogen and oxygen atoms in total. The van der Waals surface area contributed by atoms with Crippen LogP contribution in [0.1, 0.15) is 29.5 Å². The molecule has 0 radical (unpaired) electrons. The van der Waals surface area contributed by atoms with Crippen molar-refractivity contribution < 1.29 is 48.0 Å². The Morgan fingerprint density at radius 3 is 1.52 bits per heavy atom. The number of halogens is 2. The maximum Gasteiger partial charge on any atom is -1.00 e. The maximum atomic E-state index is 4.18. The molecule has 2 heterocycles. The van der Waals surface area contributed by atoms with Crippen molar-refractivity contribution in [3.05, 3.63) is 83.4 Å². The molecular formula is C20H14Cl2N8Zr. The number of tetrazole rings is 2. The smallest absolute Gasteiger partial charge is 1.00 e. The summed E-state index contributed by atoms with van der Waals surface area (Å²) < 4.78 is 4.28. The number of benzene rings is 2. The molecule has 2 aromatic heterocycles. The first kappa shape index (κ1) is 21.7. The fraction of sp³-hybridized carbons (Fsp3) is 0.100. The number of hydrogen-bond acceptors (Lipinski definition) is 6. The van der Waals surface area contributed by atoms with Gasteiger partial charge in [-0.2, -0.15) is 0 Å². The third kappa shape index (κ3) is 3.71. The first-order valence-electron chi connectivity index (χ1n) is 9.22. The normalized spacial score (nSPS) is 18.1. The Morgan fingerprint density at radius 1 is 0.645 bits per heavy atom. The number of allylic oxidation sites excluding steroid dienone is 2. The Balaban J connectivity index is 0.00000116. The SMILES string of the molecule is C1=C(n2cnnn2)[CH]([Zr+2][CH]2C(n3cnnn3)=Cc3ccccc32)c2ccccc21.[Cl-].[Cl-]. The Kier molecular flexibility index (Phi) is 6.27. The van der Waals surface area contributed by atoms with E-state index in [2.05, 4.69) is 91.7 Å². The first-order chi connectivity index (χ1) is 14.4. The van der Waals surface area contributed by atoms with Crippen LogP contribution in [0.15, 0.2) is 61.2 Å². The fourth-order valence-electron chi connectivity index (χ4n) is 4.09. The predicted octanol–water partition coefficient (Wildman–Crippen LogP) is -3.44. The summed E-state index contributed by atoms with van der Waals surface area (Å²) in [5.41, 5.74) is 7.55. The van der Waals surface area contributed by atoms with E-state index >= 15 is 0 Å². The van der Waals surface area contributed by atoms with Gasteiger partial charge in [0, 0.05) is 0 Å². The van der Waals surface area contributed by atoms with Crippen LogP contribution in [0.2, 0.25) is 0 Å². The molecule has 0 amide bonds. The van der Waals surface area contributed by atoms with Gasteiger partial charge in [-0.3, -0.25) is 0 Å². The zero-order chi connectivity index (χ0) is 19.2. The molecule has 0 fully saturated rings. The van der Waals surface area contributed by atoms with E-state index in [-0.39, 0.29) is 24.8 Å². The molecule has 0 aliphatic heterocycles. The van der Waals surface area contributed by atoms with Crippen LogP contribution in [0, 0.1) is 0 Å². The summed E-state index contributed by atoms with van der Waals surface area (Å²) in [5.74, 6) is 0. The zero-order valence-electron chi connectivity index (χ0n) is 15.9. The van der Waals surface area contributed by atoms with Gasteiger partial charge >= 0.3 is 178 Å². The molecule has 152 valence electrons. The minimum absolute atomic E-state index is 0. The molecule has 0 saturated carbocycles. The second kappa shape index (κ2) is 8.95. The average Bonchev–Trinajstić information content (AvgIpc) is 3.55. The maximum absolute atomic E-state index is 4.18. The number of fused-ring (bicyclic) bond motifs is 2. The molecule has 6 rings (SSSR count). The van der Waals surface area contributed by atoms with Gasteiger partial charge in [-0.05, 0) is 0 Å². The summed E-state index contributed by atoms with van der Waals surface area (Å²) in [7, 11) is 0. The Bertz CT molecular complexity index is 1160. The van der Waals surface area contributed by atoms with E-state index in [1.54, 1.807) is 12.7 Å². The Labute approximate surface area is 201 Å². The molecule has 0 bridgehead atoms. The molecule has 31 heavy (non-hydrogen) atoms. The van der Waals surface area contributed by atoms with Crippen LogP contribution in [0.3, 0.4) is 0 Å². The summed E-state index contributed by atoms with van der Waals surface area (Å²) >= 11 is -1.13. The monoisotopic (exact) mass is 526 g/mol. The molecule has 2 atom stereocenters. The van der Waals surface area contributed by atoms with Crippen molar-refractivity contribution >= 4 is 23.5 Å². The summed E-state index contributed by atoms with van der Waals surface area (Å²) in [6.45, 7) is 0. The van der Waals surface area contributed by atoms with E-state index in [0.717, 1.165) is 11.4 Å². The van der Waals surface area contributed by atoms with Gasteiger partial charge in [0.25, 0.3) is 0 Å². The quantitative estimate of drug-likeness (QED) is 0.274. The van der Waals surface area contributed by atoms with Crippen LogP contribution in [0.5, 0.6) is 0 Å². The summed E-state index contributed by atoms with van der Waals surface area (Å²) in [5, 5.41) is 23.8. The van der Waals surface area contributed by atoms with Gasteiger partial charge < -0.3 is 24.8 Å². The molecule has 4 aromatic rings. The van der Waals surface area contributed by atoms with Crippen LogP contribution in [-0.2, 0) is 23.2 Å². The standard InChI is InChI=1S/2C10H7N4.2ClH.Zr/c2*1-2-4-9-6-10(5-8(9)3-1)14-7-11-12-13-14;;;/h2*1-7H;2*1H;/q;;;;+2/p-2. The average molecular weight is 529 g/mol. The van der Waals surface area contributed by atoms with Crippen molar-refractivity contribution in [2.24, 2.45) is 0 Å². The molecular weight excluding hydrogens is 514 g/mol. The summed E-state index contributed by atoms with van der Waals surface area (Å²) in [6, 6.07) is 17.2. The van der Waals surface area contributed by atoms with Gasteiger partial charge in [-0.25, -0.2) is 0 Å². The van der Waals surface area contributed by atoms with Gasteiger partial charge in [0.05, 0.1) is 0 Å². The second-order valence-corrected chi connectivity index (χ2v) is 10.6. The van der Waals surface area contributed by atoms with Gasteiger partial charge in [0.15, 0.2) is 0 Å². The molecule has 2 aliphatic rings. The summed E-state index contributed by atoms with van der Waals surface area (Å²) in [4.78, 5) is 0. The van der Waals surface area contributed by atoms with Crippen molar-refractivity contribution in [2.45, 2.75) is 7.25 Å². The van der Waals surface area contributed by atoms with Gasteiger partial charge in [-0.1, -0.05) is 0 Å². The topological polar surface area (TPSA) is 87.2 Å². The number of rotatable bonds is 4. The summed E-state index contributed by atoms with van der Waals surface area (Å²) in [6.07, 6.45) is 7.81. The number of aromatic nitrogens is 8. The van der Waals surface area contributed by atoms with Crippen LogP contribution < -0.4 is 24.8 Å². The largest absolute Gasteiger partial charge is 1.00 e.